The van der Waals surface area contributed by atoms with Gasteiger partial charge in [0.2, 0.25) is 11.8 Å². The molecular formula is C45H37ClF4N4O4. The van der Waals surface area contributed by atoms with Gasteiger partial charge in [0.05, 0.1) is 30.7 Å². The number of nitrogens with one attached hydrogen (secondary N) is 4. The Hall–Kier alpha value is -6.79. The molecule has 0 saturated carbocycles. The second kappa shape index (κ2) is 20.4. The van der Waals surface area contributed by atoms with E-state index in [0.29, 0.717) is 21.7 Å². The Kier molecular flexibility index (Phi) is 14.9. The molecular weight excluding hydrogens is 772 g/mol. The van der Waals surface area contributed by atoms with Crippen LogP contribution in [-0.4, -0.2) is 36.7 Å². The van der Waals surface area contributed by atoms with Gasteiger partial charge in [0.15, 0.2) is 0 Å². The zero-order valence-electron chi connectivity index (χ0n) is 30.7. The fraction of sp³-hybridized carbons (Fsp3) is 0.111. The molecule has 0 radical (unpaired) electrons. The molecule has 2 atom stereocenters. The summed E-state index contributed by atoms with van der Waals surface area (Å²) in [6.07, 6.45) is -4.50. The van der Waals surface area contributed by atoms with Crippen LogP contribution >= 0.6 is 11.6 Å². The summed E-state index contributed by atoms with van der Waals surface area (Å²) in [6.45, 7) is -0.511. The van der Waals surface area contributed by atoms with Crippen LogP contribution in [0.25, 0.3) is 0 Å². The predicted octanol–water partition coefficient (Wildman–Crippen LogP) is 8.46. The lowest BCUT2D eigenvalue weighted by atomic mass is 9.97. The maximum absolute atomic E-state index is 13.1. The van der Waals surface area contributed by atoms with Crippen molar-refractivity contribution in [1.82, 2.24) is 21.3 Å². The molecule has 58 heavy (non-hydrogen) atoms. The van der Waals surface area contributed by atoms with Crippen LogP contribution in [0.2, 0.25) is 5.02 Å². The topological polar surface area (TPSA) is 116 Å². The van der Waals surface area contributed by atoms with Crippen LogP contribution in [0.4, 0.5) is 17.6 Å². The van der Waals surface area contributed by atoms with Crippen molar-refractivity contribution < 1.29 is 36.7 Å². The highest BCUT2D eigenvalue weighted by molar-refractivity contribution is 6.30. The van der Waals surface area contributed by atoms with Gasteiger partial charge in [-0.2, -0.15) is 13.2 Å². The number of hydrogen-bond donors (Lipinski definition) is 4. The van der Waals surface area contributed by atoms with E-state index in [1.165, 1.54) is 36.4 Å². The van der Waals surface area contributed by atoms with Crippen LogP contribution in [0, 0.1) is 5.82 Å². The quantitative estimate of drug-likeness (QED) is 0.0930. The molecule has 0 aromatic heterocycles. The van der Waals surface area contributed by atoms with Crippen LogP contribution in [0.5, 0.6) is 0 Å². The monoisotopic (exact) mass is 808 g/mol. The first-order valence-electron chi connectivity index (χ1n) is 17.9. The summed E-state index contributed by atoms with van der Waals surface area (Å²) >= 11 is 5.96. The van der Waals surface area contributed by atoms with E-state index in [2.05, 4.69) is 21.3 Å². The van der Waals surface area contributed by atoms with E-state index in [1.807, 2.05) is 42.5 Å². The van der Waals surface area contributed by atoms with Crippen LogP contribution in [0.3, 0.4) is 0 Å². The van der Waals surface area contributed by atoms with Gasteiger partial charge in [-0.25, -0.2) is 4.39 Å². The van der Waals surface area contributed by atoms with E-state index in [4.69, 9.17) is 11.6 Å². The van der Waals surface area contributed by atoms with Crippen molar-refractivity contribution in [3.05, 3.63) is 214 Å². The SMILES string of the molecule is O=C(CNC(=O)c1ccc(F)cc1)NC(c1ccccc1)c1ccc(Cl)cc1.O=C(CNC(=O)c1ccccc1)NC(c1ccccc1)c1cccc(C(F)(F)F)c1. The Morgan fingerprint density at radius 2 is 0.914 bits per heavy atom. The summed E-state index contributed by atoms with van der Waals surface area (Å²) in [7, 11) is 0. The summed E-state index contributed by atoms with van der Waals surface area (Å²) in [5.41, 5.74) is 2.58. The Morgan fingerprint density at radius 3 is 1.40 bits per heavy atom. The lowest BCUT2D eigenvalue weighted by molar-refractivity contribution is -0.137. The van der Waals surface area contributed by atoms with E-state index in [-0.39, 0.29) is 30.6 Å². The summed E-state index contributed by atoms with van der Waals surface area (Å²) in [4.78, 5) is 49.1. The highest BCUT2D eigenvalue weighted by Gasteiger charge is 2.31. The highest BCUT2D eigenvalue weighted by atomic mass is 35.5. The van der Waals surface area contributed by atoms with Crippen molar-refractivity contribution in [3.8, 4) is 0 Å². The molecule has 2 unspecified atom stereocenters. The molecule has 0 heterocycles. The molecule has 0 aliphatic carbocycles. The molecule has 296 valence electrons. The minimum atomic E-state index is -4.50. The van der Waals surface area contributed by atoms with Gasteiger partial charge in [0.25, 0.3) is 11.8 Å². The molecule has 4 amide bonds. The summed E-state index contributed by atoms with van der Waals surface area (Å²) in [6, 6.07) is 42.5. The van der Waals surface area contributed by atoms with Gasteiger partial charge in [0.1, 0.15) is 5.82 Å². The van der Waals surface area contributed by atoms with E-state index in [0.717, 1.165) is 23.3 Å². The van der Waals surface area contributed by atoms with Crippen LogP contribution in [-0.2, 0) is 15.8 Å². The second-order valence-corrected chi connectivity index (χ2v) is 13.2. The molecule has 0 saturated heterocycles. The number of halogens is 5. The van der Waals surface area contributed by atoms with Gasteiger partial charge < -0.3 is 21.3 Å². The zero-order chi connectivity index (χ0) is 41.5. The second-order valence-electron chi connectivity index (χ2n) is 12.7. The van der Waals surface area contributed by atoms with Crippen molar-refractivity contribution >= 4 is 35.2 Å². The fourth-order valence-electron chi connectivity index (χ4n) is 5.70. The first-order valence-corrected chi connectivity index (χ1v) is 18.2. The van der Waals surface area contributed by atoms with E-state index in [1.54, 1.807) is 72.8 Å². The number of hydrogen-bond acceptors (Lipinski definition) is 4. The highest BCUT2D eigenvalue weighted by Crippen LogP contribution is 2.32. The zero-order valence-corrected chi connectivity index (χ0v) is 31.4. The molecule has 0 bridgehead atoms. The Labute approximate surface area is 337 Å². The molecule has 0 fully saturated rings. The van der Waals surface area contributed by atoms with Gasteiger partial charge >= 0.3 is 6.18 Å². The maximum Gasteiger partial charge on any atom is 0.416 e. The average molecular weight is 809 g/mol. The summed E-state index contributed by atoms with van der Waals surface area (Å²) in [5, 5.41) is 11.3. The predicted molar refractivity (Wildman–Crippen MR) is 213 cm³/mol. The molecule has 4 N–H and O–H groups in total. The first kappa shape index (κ1) is 42.4. The molecule has 0 spiro atoms. The van der Waals surface area contributed by atoms with Crippen molar-refractivity contribution in [2.24, 2.45) is 0 Å². The Balaban J connectivity index is 0.000000221. The lowest BCUT2D eigenvalue weighted by Crippen LogP contribution is -2.39. The van der Waals surface area contributed by atoms with Gasteiger partial charge in [-0.3, -0.25) is 19.2 Å². The first-order chi connectivity index (χ1) is 27.9. The standard InChI is InChI=1S/C23H19F3N2O2.C22H18ClFN2O2/c24-23(25,26)19-13-7-12-18(14-19)21(16-8-3-1-4-9-16)28-20(29)15-27-22(30)17-10-5-2-6-11-17;23-18-10-6-16(7-11-18)21(15-4-2-1-3-5-15)26-20(27)14-25-22(28)17-8-12-19(24)13-9-17/h1-14,21H,15H2,(H,27,30)(H,28,29);1-13,21H,14H2,(H,25,28)(H,26,27). The van der Waals surface area contributed by atoms with Crippen molar-refractivity contribution in [2.45, 2.75) is 18.3 Å². The minimum absolute atomic E-state index is 0.201. The average Bonchev–Trinajstić information content (AvgIpc) is 3.24. The van der Waals surface area contributed by atoms with Crippen LogP contribution < -0.4 is 21.3 Å². The fourth-order valence-corrected chi connectivity index (χ4v) is 5.83. The number of carbonyl (C=O) groups excluding carboxylic acids is 4. The summed E-state index contributed by atoms with van der Waals surface area (Å²) < 4.78 is 52.3. The number of carbonyl (C=O) groups is 4. The van der Waals surface area contributed by atoms with E-state index >= 15 is 0 Å². The van der Waals surface area contributed by atoms with Gasteiger partial charge in [0, 0.05) is 16.1 Å². The third-order valence-electron chi connectivity index (χ3n) is 8.59. The number of alkyl halides is 3. The van der Waals surface area contributed by atoms with Crippen LogP contribution in [0.15, 0.2) is 164 Å². The van der Waals surface area contributed by atoms with Crippen molar-refractivity contribution in [2.75, 3.05) is 13.1 Å². The smallest absolute Gasteiger partial charge is 0.344 e. The normalized spacial score (nSPS) is 11.8. The molecule has 6 aromatic carbocycles. The molecule has 0 aliphatic rings. The number of amides is 4. The van der Waals surface area contributed by atoms with Crippen molar-refractivity contribution in [3.63, 3.8) is 0 Å². The molecule has 8 nitrogen and oxygen atoms in total. The third kappa shape index (κ3) is 12.6. The Bertz CT molecular complexity index is 2280. The van der Waals surface area contributed by atoms with E-state index < -0.39 is 41.3 Å². The number of rotatable bonds is 12. The van der Waals surface area contributed by atoms with Crippen LogP contribution in [0.1, 0.15) is 60.6 Å². The Morgan fingerprint density at radius 1 is 0.500 bits per heavy atom. The largest absolute Gasteiger partial charge is 0.416 e. The third-order valence-corrected chi connectivity index (χ3v) is 8.84. The summed E-state index contributed by atoms with van der Waals surface area (Å²) in [5.74, 6) is -2.16. The van der Waals surface area contributed by atoms with Gasteiger partial charge in [-0.1, -0.05) is 115 Å². The van der Waals surface area contributed by atoms with Gasteiger partial charge in [-0.05, 0) is 82.9 Å². The lowest BCUT2D eigenvalue weighted by Gasteiger charge is -2.21. The molecule has 13 heteroatoms. The molecule has 6 aromatic rings. The maximum atomic E-state index is 13.1. The molecule has 6 rings (SSSR count). The van der Waals surface area contributed by atoms with E-state index in [9.17, 15) is 36.7 Å². The van der Waals surface area contributed by atoms with Crippen molar-refractivity contribution in [1.29, 1.82) is 0 Å². The van der Waals surface area contributed by atoms with Gasteiger partial charge in [-0.15, -0.1) is 0 Å². The minimum Gasteiger partial charge on any atom is -0.344 e. The number of benzene rings is 6. The molecule has 0 aliphatic heterocycles.